The molecule has 2 saturated heterocycles. The van der Waals surface area contributed by atoms with Gasteiger partial charge in [-0.25, -0.2) is 9.59 Å². The minimum Gasteiger partial charge on any atom is -0.480 e. The molecule has 2 unspecified atom stereocenters. The summed E-state index contributed by atoms with van der Waals surface area (Å²) in [4.78, 5) is 28.7. The van der Waals surface area contributed by atoms with Crippen LogP contribution < -0.4 is 0 Å². The Balaban J connectivity index is 1.98. The largest absolute Gasteiger partial charge is 0.480 e. The Bertz CT molecular complexity index is 350. The Morgan fingerprint density at radius 2 is 2.11 bits per heavy atom. The fourth-order valence-corrected chi connectivity index (χ4v) is 3.49. The van der Waals surface area contributed by atoms with Gasteiger partial charge in [-0.15, -0.1) is 11.8 Å². The fourth-order valence-electron chi connectivity index (χ4n) is 2.35. The SMILES string of the molecule is CN(C)C1CCN(C(=O)N2CSCC2C(=O)O)C1. The number of amides is 2. The molecule has 102 valence electrons. The lowest BCUT2D eigenvalue weighted by molar-refractivity contribution is -0.140. The van der Waals surface area contributed by atoms with Crippen LogP contribution in [0.15, 0.2) is 0 Å². The summed E-state index contributed by atoms with van der Waals surface area (Å²) in [5.74, 6) is 0.0713. The molecule has 2 aliphatic heterocycles. The van der Waals surface area contributed by atoms with Gasteiger partial charge in [0, 0.05) is 24.9 Å². The minimum absolute atomic E-state index is 0.128. The van der Waals surface area contributed by atoms with Crippen LogP contribution in [-0.2, 0) is 4.79 Å². The van der Waals surface area contributed by atoms with Crippen LogP contribution in [0.1, 0.15) is 6.42 Å². The van der Waals surface area contributed by atoms with Gasteiger partial charge in [0.05, 0.1) is 5.88 Å². The number of carbonyl (C=O) groups excluding carboxylic acids is 1. The van der Waals surface area contributed by atoms with E-state index in [9.17, 15) is 9.59 Å². The van der Waals surface area contributed by atoms with Gasteiger partial charge in [-0.3, -0.25) is 0 Å². The Labute approximate surface area is 111 Å². The molecule has 6 nitrogen and oxygen atoms in total. The van der Waals surface area contributed by atoms with Crippen molar-refractivity contribution in [1.82, 2.24) is 14.7 Å². The minimum atomic E-state index is -0.906. The highest BCUT2D eigenvalue weighted by Crippen LogP contribution is 2.24. The number of carboxylic acids is 1. The van der Waals surface area contributed by atoms with E-state index in [1.54, 1.807) is 4.90 Å². The lowest BCUT2D eigenvalue weighted by Gasteiger charge is -2.27. The van der Waals surface area contributed by atoms with Crippen molar-refractivity contribution < 1.29 is 14.7 Å². The van der Waals surface area contributed by atoms with Crippen molar-refractivity contribution in [3.8, 4) is 0 Å². The van der Waals surface area contributed by atoms with Crippen LogP contribution >= 0.6 is 11.8 Å². The molecule has 0 spiro atoms. The van der Waals surface area contributed by atoms with Crippen molar-refractivity contribution in [3.05, 3.63) is 0 Å². The van der Waals surface area contributed by atoms with Crippen molar-refractivity contribution >= 4 is 23.8 Å². The Hall–Kier alpha value is -0.950. The predicted molar refractivity (Wildman–Crippen MR) is 69.6 cm³/mol. The topological polar surface area (TPSA) is 64.1 Å². The number of rotatable bonds is 2. The zero-order valence-corrected chi connectivity index (χ0v) is 11.5. The predicted octanol–water partition coefficient (Wildman–Crippen LogP) is 0.202. The third kappa shape index (κ3) is 2.56. The molecule has 2 rings (SSSR count). The van der Waals surface area contributed by atoms with Gasteiger partial charge < -0.3 is 19.8 Å². The summed E-state index contributed by atoms with van der Waals surface area (Å²) in [6, 6.07) is -0.412. The second-order valence-electron chi connectivity index (χ2n) is 4.96. The summed E-state index contributed by atoms with van der Waals surface area (Å²) in [7, 11) is 4.01. The molecule has 0 aromatic carbocycles. The van der Waals surface area contributed by atoms with Crippen molar-refractivity contribution in [1.29, 1.82) is 0 Å². The zero-order valence-electron chi connectivity index (χ0n) is 10.7. The van der Waals surface area contributed by atoms with Crippen LogP contribution in [-0.4, -0.2) is 82.7 Å². The maximum absolute atomic E-state index is 12.3. The molecular weight excluding hydrogens is 254 g/mol. The highest BCUT2D eigenvalue weighted by Gasteiger charge is 2.38. The molecule has 18 heavy (non-hydrogen) atoms. The molecule has 1 N–H and O–H groups in total. The highest BCUT2D eigenvalue weighted by atomic mass is 32.2. The van der Waals surface area contributed by atoms with Crippen molar-refractivity contribution in [2.24, 2.45) is 0 Å². The van der Waals surface area contributed by atoms with Gasteiger partial charge in [0.1, 0.15) is 6.04 Å². The first-order valence-electron chi connectivity index (χ1n) is 6.03. The lowest BCUT2D eigenvalue weighted by atomic mass is 10.2. The first kappa shape index (κ1) is 13.5. The summed E-state index contributed by atoms with van der Waals surface area (Å²) in [5, 5.41) is 9.08. The molecule has 0 radical (unpaired) electrons. The first-order chi connectivity index (χ1) is 8.50. The Kier molecular flexibility index (Phi) is 4.01. The third-order valence-corrected chi connectivity index (χ3v) is 4.59. The number of hydrogen-bond acceptors (Lipinski definition) is 4. The number of likely N-dealkylation sites (N-methyl/N-ethyl adjacent to an activating group) is 1. The molecule has 0 aromatic rings. The first-order valence-corrected chi connectivity index (χ1v) is 7.18. The molecule has 2 fully saturated rings. The van der Waals surface area contributed by atoms with Crippen LogP contribution in [0.25, 0.3) is 0 Å². The van der Waals surface area contributed by atoms with Gasteiger partial charge >= 0.3 is 12.0 Å². The maximum atomic E-state index is 12.3. The van der Waals surface area contributed by atoms with E-state index < -0.39 is 12.0 Å². The number of likely N-dealkylation sites (tertiary alicyclic amines) is 1. The van der Waals surface area contributed by atoms with E-state index in [4.69, 9.17) is 5.11 Å². The number of hydrogen-bond donors (Lipinski definition) is 1. The smallest absolute Gasteiger partial charge is 0.327 e. The zero-order chi connectivity index (χ0) is 13.3. The van der Waals surface area contributed by atoms with Gasteiger partial charge in [0.15, 0.2) is 0 Å². The Morgan fingerprint density at radius 3 is 2.67 bits per heavy atom. The summed E-state index contributed by atoms with van der Waals surface area (Å²) in [6.45, 7) is 1.41. The number of nitrogens with zero attached hydrogens (tertiary/aromatic N) is 3. The normalized spacial score (nSPS) is 28.2. The average Bonchev–Trinajstić information content (AvgIpc) is 2.97. The van der Waals surface area contributed by atoms with E-state index >= 15 is 0 Å². The molecular formula is C11H19N3O3S. The molecule has 2 atom stereocenters. The van der Waals surface area contributed by atoms with E-state index in [2.05, 4.69) is 4.90 Å². The number of carboxylic acid groups (broad SMARTS) is 1. The standard InChI is InChI=1S/C11H19N3O3S/c1-12(2)8-3-4-13(5-8)11(17)14-7-18-6-9(14)10(15)16/h8-9H,3-7H2,1-2H3,(H,15,16). The van der Waals surface area contributed by atoms with Crippen LogP contribution in [0, 0.1) is 0 Å². The van der Waals surface area contributed by atoms with E-state index in [1.807, 2.05) is 14.1 Å². The summed E-state index contributed by atoms with van der Waals surface area (Å²) >= 11 is 1.50. The molecule has 2 heterocycles. The summed E-state index contributed by atoms with van der Waals surface area (Å²) in [5.41, 5.74) is 0. The van der Waals surface area contributed by atoms with Gasteiger partial charge in [-0.1, -0.05) is 0 Å². The average molecular weight is 273 g/mol. The van der Waals surface area contributed by atoms with Crippen LogP contribution in [0.3, 0.4) is 0 Å². The molecule has 7 heteroatoms. The fraction of sp³-hybridized carbons (Fsp3) is 0.818. The van der Waals surface area contributed by atoms with Gasteiger partial charge in [-0.05, 0) is 20.5 Å². The number of urea groups is 1. The maximum Gasteiger partial charge on any atom is 0.327 e. The molecule has 0 aliphatic carbocycles. The van der Waals surface area contributed by atoms with Crippen molar-refractivity contribution in [2.75, 3.05) is 38.8 Å². The second kappa shape index (κ2) is 5.36. The molecule has 2 aliphatic rings. The van der Waals surface area contributed by atoms with Crippen LogP contribution in [0.5, 0.6) is 0 Å². The quantitative estimate of drug-likeness (QED) is 0.779. The van der Waals surface area contributed by atoms with Gasteiger partial charge in [0.25, 0.3) is 0 Å². The lowest BCUT2D eigenvalue weighted by Crippen LogP contribution is -2.48. The van der Waals surface area contributed by atoms with E-state index in [0.717, 1.165) is 13.0 Å². The molecule has 0 aromatic heterocycles. The number of carbonyl (C=O) groups is 2. The highest BCUT2D eigenvalue weighted by molar-refractivity contribution is 7.99. The van der Waals surface area contributed by atoms with Crippen molar-refractivity contribution in [2.45, 2.75) is 18.5 Å². The van der Waals surface area contributed by atoms with Gasteiger partial charge in [-0.2, -0.15) is 0 Å². The summed E-state index contributed by atoms with van der Waals surface area (Å²) in [6.07, 6.45) is 0.956. The van der Waals surface area contributed by atoms with Crippen molar-refractivity contribution in [3.63, 3.8) is 0 Å². The van der Waals surface area contributed by atoms with Crippen LogP contribution in [0.2, 0.25) is 0 Å². The van der Waals surface area contributed by atoms with E-state index in [0.29, 0.717) is 24.2 Å². The third-order valence-electron chi connectivity index (χ3n) is 3.58. The van der Waals surface area contributed by atoms with Crippen LogP contribution in [0.4, 0.5) is 4.79 Å². The second-order valence-corrected chi connectivity index (χ2v) is 5.96. The van der Waals surface area contributed by atoms with E-state index in [1.165, 1.54) is 16.7 Å². The number of aliphatic carboxylic acids is 1. The summed E-state index contributed by atoms with van der Waals surface area (Å²) < 4.78 is 0. The Morgan fingerprint density at radius 1 is 1.39 bits per heavy atom. The monoisotopic (exact) mass is 273 g/mol. The van der Waals surface area contributed by atoms with Gasteiger partial charge in [0.2, 0.25) is 0 Å². The molecule has 2 amide bonds. The number of thioether (sulfide) groups is 1. The molecule has 0 saturated carbocycles. The molecule has 0 bridgehead atoms. The van der Waals surface area contributed by atoms with E-state index in [-0.39, 0.29) is 6.03 Å².